The molecule has 0 aliphatic heterocycles. The average molecular weight is 453 g/mol. The lowest BCUT2D eigenvalue weighted by Crippen LogP contribution is -2.01. The summed E-state index contributed by atoms with van der Waals surface area (Å²) in [5.41, 5.74) is 1.52. The molecule has 0 spiro atoms. The fraction of sp³-hybridized carbons (Fsp3) is 0.0667. The van der Waals surface area contributed by atoms with Gasteiger partial charge in [0, 0.05) is 19.0 Å². The predicted molar refractivity (Wildman–Crippen MR) is 97.3 cm³/mol. The summed E-state index contributed by atoms with van der Waals surface area (Å²) in [6, 6.07) is 12.1. The van der Waals surface area contributed by atoms with E-state index in [1.54, 1.807) is 48.5 Å². The fourth-order valence-corrected chi connectivity index (χ4v) is 4.25. The van der Waals surface area contributed by atoms with Crippen LogP contribution >= 0.6 is 45.8 Å². The molecular weight excluding hydrogens is 442 g/mol. The van der Waals surface area contributed by atoms with Crippen LogP contribution in [0.4, 0.5) is 0 Å². The van der Waals surface area contributed by atoms with E-state index in [1.165, 1.54) is 5.41 Å². The number of hydrogen-bond donors (Lipinski definition) is 0. The van der Waals surface area contributed by atoms with Gasteiger partial charge in [0.2, 0.25) is 0 Å². The van der Waals surface area contributed by atoms with Gasteiger partial charge in [0.05, 0.1) is 5.75 Å². The first kappa shape index (κ1) is 16.8. The van der Waals surface area contributed by atoms with Gasteiger partial charge in [-0.25, -0.2) is 8.42 Å². The maximum Gasteiger partial charge on any atom is 0.175 e. The molecule has 0 atom stereocenters. The van der Waals surface area contributed by atoms with E-state index in [0.29, 0.717) is 10.0 Å². The molecule has 0 radical (unpaired) electrons. The molecule has 0 N–H and O–H groups in total. The second-order valence-electron chi connectivity index (χ2n) is 4.40. The van der Waals surface area contributed by atoms with Crippen LogP contribution in [0.2, 0.25) is 10.0 Å². The SMILES string of the molecule is O=S(=O)(C=Cc1ccc(Cl)cc1)Cc1ccc(Cl)cc1I. The fourth-order valence-electron chi connectivity index (χ4n) is 1.66. The molecule has 110 valence electrons. The van der Waals surface area contributed by atoms with Crippen LogP contribution in [-0.4, -0.2) is 8.42 Å². The molecule has 2 aromatic rings. The summed E-state index contributed by atoms with van der Waals surface area (Å²) in [6.07, 6.45) is 1.56. The minimum Gasteiger partial charge on any atom is -0.224 e. The second kappa shape index (κ2) is 7.13. The lowest BCUT2D eigenvalue weighted by Gasteiger charge is -2.04. The van der Waals surface area contributed by atoms with Gasteiger partial charge < -0.3 is 0 Å². The van der Waals surface area contributed by atoms with Crippen molar-refractivity contribution in [2.75, 3.05) is 0 Å². The van der Waals surface area contributed by atoms with Crippen molar-refractivity contribution < 1.29 is 8.42 Å². The number of sulfone groups is 1. The molecule has 0 bridgehead atoms. The van der Waals surface area contributed by atoms with Gasteiger partial charge in [-0.05, 0) is 64.1 Å². The highest BCUT2D eigenvalue weighted by molar-refractivity contribution is 14.1. The molecule has 0 amide bonds. The second-order valence-corrected chi connectivity index (χ2v) is 8.32. The van der Waals surface area contributed by atoms with Gasteiger partial charge in [-0.2, -0.15) is 0 Å². The van der Waals surface area contributed by atoms with Crippen molar-refractivity contribution in [2.24, 2.45) is 0 Å². The molecule has 0 aliphatic rings. The van der Waals surface area contributed by atoms with Crippen molar-refractivity contribution >= 4 is 61.7 Å². The Balaban J connectivity index is 2.16. The first-order valence-electron chi connectivity index (χ1n) is 5.96. The maximum absolute atomic E-state index is 12.1. The molecule has 0 aromatic heterocycles. The summed E-state index contributed by atoms with van der Waals surface area (Å²) in [5, 5.41) is 2.43. The van der Waals surface area contributed by atoms with Gasteiger partial charge in [0.25, 0.3) is 0 Å². The van der Waals surface area contributed by atoms with Gasteiger partial charge in [0.1, 0.15) is 0 Å². The van der Waals surface area contributed by atoms with Crippen molar-refractivity contribution in [1.82, 2.24) is 0 Å². The van der Waals surface area contributed by atoms with Crippen molar-refractivity contribution in [2.45, 2.75) is 5.75 Å². The Morgan fingerprint density at radius 1 is 1.00 bits per heavy atom. The van der Waals surface area contributed by atoms with Crippen LogP contribution in [0.1, 0.15) is 11.1 Å². The van der Waals surface area contributed by atoms with Crippen LogP contribution in [-0.2, 0) is 15.6 Å². The Kier molecular flexibility index (Phi) is 5.71. The molecule has 0 saturated heterocycles. The average Bonchev–Trinajstić information content (AvgIpc) is 2.41. The smallest absolute Gasteiger partial charge is 0.175 e. The molecule has 0 heterocycles. The molecular formula is C15H11Cl2IO2S. The van der Waals surface area contributed by atoms with Crippen molar-refractivity contribution in [3.8, 4) is 0 Å². The Labute approximate surface area is 147 Å². The van der Waals surface area contributed by atoms with Crippen LogP contribution in [0.15, 0.2) is 47.9 Å². The van der Waals surface area contributed by atoms with Crippen molar-refractivity contribution in [3.63, 3.8) is 0 Å². The standard InChI is InChI=1S/C15H11Cl2IO2S/c16-13-4-1-11(2-5-13)7-8-21(19,20)10-12-3-6-14(17)9-15(12)18/h1-9H,10H2. The summed E-state index contributed by atoms with van der Waals surface area (Å²) in [7, 11) is -3.34. The largest absolute Gasteiger partial charge is 0.224 e. The normalized spacial score (nSPS) is 12.0. The third kappa shape index (κ3) is 5.29. The van der Waals surface area contributed by atoms with Gasteiger partial charge in [-0.3, -0.25) is 0 Å². The Hall–Kier alpha value is -0.560. The van der Waals surface area contributed by atoms with Crippen molar-refractivity contribution in [1.29, 1.82) is 0 Å². The van der Waals surface area contributed by atoms with Crippen LogP contribution in [0.3, 0.4) is 0 Å². The highest BCUT2D eigenvalue weighted by Crippen LogP contribution is 2.21. The highest BCUT2D eigenvalue weighted by Gasteiger charge is 2.11. The first-order valence-corrected chi connectivity index (χ1v) is 9.51. The number of hydrogen-bond acceptors (Lipinski definition) is 2. The summed E-state index contributed by atoms with van der Waals surface area (Å²) in [4.78, 5) is 0. The van der Waals surface area contributed by atoms with E-state index in [2.05, 4.69) is 22.6 Å². The van der Waals surface area contributed by atoms with Crippen LogP contribution in [0.25, 0.3) is 6.08 Å². The molecule has 0 aliphatic carbocycles. The molecule has 2 rings (SSSR count). The highest BCUT2D eigenvalue weighted by atomic mass is 127. The summed E-state index contributed by atoms with van der Waals surface area (Å²) in [5.74, 6) is -0.0491. The maximum atomic E-state index is 12.1. The summed E-state index contributed by atoms with van der Waals surface area (Å²) in [6.45, 7) is 0. The molecule has 2 aromatic carbocycles. The first-order chi connectivity index (χ1) is 9.85. The summed E-state index contributed by atoms with van der Waals surface area (Å²) >= 11 is 13.7. The lowest BCUT2D eigenvalue weighted by molar-refractivity contribution is 0.604. The number of halogens is 3. The lowest BCUT2D eigenvalue weighted by atomic mass is 10.2. The third-order valence-corrected chi connectivity index (χ3v) is 5.47. The minimum absolute atomic E-state index is 0.0491. The summed E-state index contributed by atoms with van der Waals surface area (Å²) < 4.78 is 25.1. The quantitative estimate of drug-likeness (QED) is 0.598. The zero-order chi connectivity index (χ0) is 15.5. The van der Waals surface area contributed by atoms with Gasteiger partial charge in [-0.1, -0.05) is 41.4 Å². The van der Waals surface area contributed by atoms with E-state index >= 15 is 0 Å². The minimum atomic E-state index is -3.34. The van der Waals surface area contributed by atoms with E-state index in [-0.39, 0.29) is 5.75 Å². The number of rotatable bonds is 4. The topological polar surface area (TPSA) is 34.1 Å². The Morgan fingerprint density at radius 3 is 2.24 bits per heavy atom. The molecule has 6 heteroatoms. The number of benzene rings is 2. The van der Waals surface area contributed by atoms with E-state index in [9.17, 15) is 8.42 Å². The van der Waals surface area contributed by atoms with Gasteiger partial charge in [0.15, 0.2) is 9.84 Å². The molecule has 0 saturated carbocycles. The molecule has 0 unspecified atom stereocenters. The third-order valence-electron chi connectivity index (χ3n) is 2.71. The molecule has 0 fully saturated rings. The van der Waals surface area contributed by atoms with Gasteiger partial charge in [-0.15, -0.1) is 0 Å². The van der Waals surface area contributed by atoms with Crippen LogP contribution in [0, 0.1) is 3.57 Å². The molecule has 2 nitrogen and oxygen atoms in total. The zero-order valence-electron chi connectivity index (χ0n) is 10.8. The Morgan fingerprint density at radius 2 is 1.62 bits per heavy atom. The van der Waals surface area contributed by atoms with E-state index in [0.717, 1.165) is 14.7 Å². The Bertz CT molecular complexity index is 769. The van der Waals surface area contributed by atoms with E-state index in [1.807, 2.05) is 0 Å². The zero-order valence-corrected chi connectivity index (χ0v) is 15.2. The van der Waals surface area contributed by atoms with E-state index in [4.69, 9.17) is 23.2 Å². The van der Waals surface area contributed by atoms with Crippen molar-refractivity contribution in [3.05, 3.63) is 72.6 Å². The molecule has 21 heavy (non-hydrogen) atoms. The van der Waals surface area contributed by atoms with E-state index < -0.39 is 9.84 Å². The van der Waals surface area contributed by atoms with Crippen LogP contribution < -0.4 is 0 Å². The monoisotopic (exact) mass is 452 g/mol. The van der Waals surface area contributed by atoms with Crippen LogP contribution in [0.5, 0.6) is 0 Å². The van der Waals surface area contributed by atoms with Gasteiger partial charge >= 0.3 is 0 Å². The predicted octanol–water partition coefficient (Wildman–Crippen LogP) is 5.18.